The molecule has 0 aliphatic heterocycles. The third kappa shape index (κ3) is 2.26. The normalized spacial score (nSPS) is 18.5. The summed E-state index contributed by atoms with van der Waals surface area (Å²) in [7, 11) is 0. The summed E-state index contributed by atoms with van der Waals surface area (Å²) in [5.74, 6) is 2.51. The first-order valence-electron chi connectivity index (χ1n) is 5.61. The first kappa shape index (κ1) is 11.5. The van der Waals surface area contributed by atoms with Gasteiger partial charge in [-0.05, 0) is 30.2 Å². The topological polar surface area (TPSA) is 0 Å². The van der Waals surface area contributed by atoms with Crippen LogP contribution in [0.4, 0.5) is 0 Å². The van der Waals surface area contributed by atoms with Gasteiger partial charge in [-0.25, -0.2) is 0 Å². The van der Waals surface area contributed by atoms with E-state index in [0.29, 0.717) is 5.41 Å². The molecule has 0 aromatic heterocycles. The minimum atomic E-state index is 0.473. The first-order valence-corrected chi connectivity index (χ1v) is 7.56. The van der Waals surface area contributed by atoms with Gasteiger partial charge in [0.05, 0.1) is 0 Å². The summed E-state index contributed by atoms with van der Waals surface area (Å²) in [6.45, 7) is 2.25. The molecule has 0 heterocycles. The molecule has 0 nitrogen and oxygen atoms in total. The van der Waals surface area contributed by atoms with Crippen LogP contribution in [0.15, 0.2) is 28.7 Å². The highest BCUT2D eigenvalue weighted by Gasteiger charge is 2.39. The van der Waals surface area contributed by atoms with Crippen molar-refractivity contribution in [1.29, 1.82) is 0 Å². The minimum absolute atomic E-state index is 0.473. The Morgan fingerprint density at radius 2 is 2.07 bits per heavy atom. The third-order valence-electron chi connectivity index (χ3n) is 3.34. The third-order valence-corrected chi connectivity index (χ3v) is 5.19. The molecule has 0 atom stereocenters. The monoisotopic (exact) mass is 284 g/mol. The number of halogens is 1. The zero-order chi connectivity index (χ0) is 10.7. The van der Waals surface area contributed by atoms with Crippen molar-refractivity contribution in [2.45, 2.75) is 31.6 Å². The molecule has 0 unspecified atom stereocenters. The zero-order valence-electron chi connectivity index (χ0n) is 9.13. The van der Waals surface area contributed by atoms with E-state index in [0.717, 1.165) is 0 Å². The molecule has 0 spiro atoms. The van der Waals surface area contributed by atoms with Gasteiger partial charge in [0.2, 0.25) is 0 Å². The Hall–Kier alpha value is 0.0500. The molecule has 1 fully saturated rings. The lowest BCUT2D eigenvalue weighted by Gasteiger charge is -2.43. The molecule has 1 aliphatic rings. The SMILES string of the molecule is CCSCC1(c2ccccc2Br)CCC1. The summed E-state index contributed by atoms with van der Waals surface area (Å²) in [5, 5.41) is 0. The molecular weight excluding hydrogens is 268 g/mol. The second-order valence-electron chi connectivity index (χ2n) is 4.25. The van der Waals surface area contributed by atoms with Crippen LogP contribution in [0.25, 0.3) is 0 Å². The van der Waals surface area contributed by atoms with Crippen LogP contribution in [0.1, 0.15) is 31.7 Å². The van der Waals surface area contributed by atoms with Gasteiger partial charge in [0, 0.05) is 15.6 Å². The van der Waals surface area contributed by atoms with E-state index in [1.165, 1.54) is 40.8 Å². The van der Waals surface area contributed by atoms with Crippen LogP contribution in [0.3, 0.4) is 0 Å². The van der Waals surface area contributed by atoms with Crippen LogP contribution in [0.5, 0.6) is 0 Å². The van der Waals surface area contributed by atoms with Crippen LogP contribution in [0.2, 0.25) is 0 Å². The minimum Gasteiger partial charge on any atom is -0.161 e. The molecule has 82 valence electrons. The Bertz CT molecular complexity index is 331. The second-order valence-corrected chi connectivity index (χ2v) is 6.38. The van der Waals surface area contributed by atoms with Gasteiger partial charge in [-0.1, -0.05) is 47.5 Å². The molecular formula is C13H17BrS. The standard InChI is InChI=1S/C13H17BrS/c1-2-15-10-13(8-5-9-13)11-6-3-4-7-12(11)14/h3-4,6-7H,2,5,8-10H2,1H3. The van der Waals surface area contributed by atoms with Crippen molar-refractivity contribution in [3.8, 4) is 0 Å². The summed E-state index contributed by atoms with van der Waals surface area (Å²) in [4.78, 5) is 0. The van der Waals surface area contributed by atoms with Crippen molar-refractivity contribution >= 4 is 27.7 Å². The molecule has 15 heavy (non-hydrogen) atoms. The maximum Gasteiger partial charge on any atom is 0.0213 e. The van der Waals surface area contributed by atoms with Gasteiger partial charge in [-0.3, -0.25) is 0 Å². The zero-order valence-corrected chi connectivity index (χ0v) is 11.5. The van der Waals surface area contributed by atoms with Crippen molar-refractivity contribution in [3.63, 3.8) is 0 Å². The average molecular weight is 285 g/mol. The Balaban J connectivity index is 2.22. The predicted molar refractivity (Wildman–Crippen MR) is 72.7 cm³/mol. The number of rotatable bonds is 4. The van der Waals surface area contributed by atoms with Crippen LogP contribution in [-0.4, -0.2) is 11.5 Å². The summed E-state index contributed by atoms with van der Waals surface area (Å²) < 4.78 is 1.29. The van der Waals surface area contributed by atoms with Crippen molar-refractivity contribution < 1.29 is 0 Å². The van der Waals surface area contributed by atoms with Crippen LogP contribution >= 0.6 is 27.7 Å². The quantitative estimate of drug-likeness (QED) is 0.777. The summed E-state index contributed by atoms with van der Waals surface area (Å²) in [6.07, 6.45) is 4.12. The van der Waals surface area contributed by atoms with Gasteiger partial charge < -0.3 is 0 Å². The fourth-order valence-corrected chi connectivity index (χ4v) is 4.03. The highest BCUT2D eigenvalue weighted by atomic mass is 79.9. The van der Waals surface area contributed by atoms with E-state index >= 15 is 0 Å². The maximum absolute atomic E-state index is 3.69. The second kappa shape index (κ2) is 4.92. The predicted octanol–water partition coefficient (Wildman–Crippen LogP) is 4.62. The highest BCUT2D eigenvalue weighted by molar-refractivity contribution is 9.10. The van der Waals surface area contributed by atoms with Gasteiger partial charge in [0.25, 0.3) is 0 Å². The Morgan fingerprint density at radius 3 is 2.60 bits per heavy atom. The van der Waals surface area contributed by atoms with Gasteiger partial charge in [0.15, 0.2) is 0 Å². The largest absolute Gasteiger partial charge is 0.161 e. The van der Waals surface area contributed by atoms with Crippen molar-refractivity contribution in [2.75, 3.05) is 11.5 Å². The van der Waals surface area contributed by atoms with E-state index in [2.05, 4.69) is 58.9 Å². The lowest BCUT2D eigenvalue weighted by molar-refractivity contribution is 0.277. The van der Waals surface area contributed by atoms with Crippen LogP contribution in [0, 0.1) is 0 Å². The molecule has 1 aromatic carbocycles. The molecule has 1 aliphatic carbocycles. The summed E-state index contributed by atoms with van der Waals surface area (Å²) in [6, 6.07) is 8.73. The van der Waals surface area contributed by atoms with E-state index in [1.807, 2.05) is 0 Å². The number of hydrogen-bond donors (Lipinski definition) is 0. The van der Waals surface area contributed by atoms with E-state index < -0.39 is 0 Å². The van der Waals surface area contributed by atoms with Crippen molar-refractivity contribution in [1.82, 2.24) is 0 Å². The van der Waals surface area contributed by atoms with E-state index in [1.54, 1.807) is 0 Å². The van der Waals surface area contributed by atoms with E-state index in [-0.39, 0.29) is 0 Å². The van der Waals surface area contributed by atoms with E-state index in [4.69, 9.17) is 0 Å². The highest BCUT2D eigenvalue weighted by Crippen LogP contribution is 2.48. The van der Waals surface area contributed by atoms with Gasteiger partial charge >= 0.3 is 0 Å². The first-order chi connectivity index (χ1) is 7.28. The lowest BCUT2D eigenvalue weighted by Crippen LogP contribution is -2.37. The maximum atomic E-state index is 3.69. The number of benzene rings is 1. The van der Waals surface area contributed by atoms with E-state index in [9.17, 15) is 0 Å². The Morgan fingerprint density at radius 1 is 1.33 bits per heavy atom. The lowest BCUT2D eigenvalue weighted by atomic mass is 9.66. The molecule has 0 saturated heterocycles. The van der Waals surface area contributed by atoms with Gasteiger partial charge in [0.1, 0.15) is 0 Å². The van der Waals surface area contributed by atoms with Crippen LogP contribution in [-0.2, 0) is 5.41 Å². The molecule has 0 bridgehead atoms. The fraction of sp³-hybridized carbons (Fsp3) is 0.538. The van der Waals surface area contributed by atoms with Gasteiger partial charge in [-0.15, -0.1) is 0 Å². The van der Waals surface area contributed by atoms with Crippen molar-refractivity contribution in [2.24, 2.45) is 0 Å². The fourth-order valence-electron chi connectivity index (χ4n) is 2.28. The van der Waals surface area contributed by atoms with Crippen LogP contribution < -0.4 is 0 Å². The molecule has 2 heteroatoms. The van der Waals surface area contributed by atoms with Crippen molar-refractivity contribution in [3.05, 3.63) is 34.3 Å². The average Bonchev–Trinajstić information content (AvgIpc) is 2.19. The molecule has 0 N–H and O–H groups in total. The molecule has 1 saturated carbocycles. The smallest absolute Gasteiger partial charge is 0.0213 e. The molecule has 1 aromatic rings. The summed E-state index contributed by atoms with van der Waals surface area (Å²) >= 11 is 5.76. The van der Waals surface area contributed by atoms with Gasteiger partial charge in [-0.2, -0.15) is 11.8 Å². The molecule has 2 rings (SSSR count). The number of thioether (sulfide) groups is 1. The summed E-state index contributed by atoms with van der Waals surface area (Å²) in [5.41, 5.74) is 2.00. The Kier molecular flexibility index (Phi) is 3.78. The number of hydrogen-bond acceptors (Lipinski definition) is 1. The molecule has 0 amide bonds. The Labute approximate surface area is 105 Å². The molecule has 0 radical (unpaired) electrons.